The van der Waals surface area contributed by atoms with Crippen LogP contribution in [0.25, 0.3) is 0 Å². The number of nitrogens with zero attached hydrogens (tertiary/aromatic N) is 2. The second kappa shape index (κ2) is 7.15. The zero-order valence-corrected chi connectivity index (χ0v) is 12.4. The van der Waals surface area contributed by atoms with Gasteiger partial charge < -0.3 is 0 Å². The van der Waals surface area contributed by atoms with Gasteiger partial charge in [-0.3, -0.25) is 4.90 Å². The summed E-state index contributed by atoms with van der Waals surface area (Å²) in [5.74, 6) is 1.10. The van der Waals surface area contributed by atoms with E-state index in [1.807, 2.05) is 11.8 Å². The van der Waals surface area contributed by atoms with Gasteiger partial charge in [-0.2, -0.15) is 0 Å². The molecule has 2 nitrogen and oxygen atoms in total. The molecule has 1 aromatic heterocycles. The van der Waals surface area contributed by atoms with Crippen molar-refractivity contribution >= 4 is 11.8 Å². The Morgan fingerprint density at radius 3 is 2.94 bits per heavy atom. The van der Waals surface area contributed by atoms with Crippen molar-refractivity contribution in [1.82, 2.24) is 9.88 Å². The summed E-state index contributed by atoms with van der Waals surface area (Å²) in [6, 6.07) is 5.07. The highest BCUT2D eigenvalue weighted by Crippen LogP contribution is 2.32. The van der Waals surface area contributed by atoms with Gasteiger partial charge in [-0.25, -0.2) is 4.98 Å². The molecule has 0 amide bonds. The molecular weight excluding hydrogens is 240 g/mol. The van der Waals surface area contributed by atoms with E-state index in [1.165, 1.54) is 44.3 Å². The van der Waals surface area contributed by atoms with Crippen molar-refractivity contribution in [3.8, 4) is 0 Å². The van der Waals surface area contributed by atoms with Crippen LogP contribution in [0, 0.1) is 0 Å². The van der Waals surface area contributed by atoms with E-state index in [1.54, 1.807) is 0 Å². The molecule has 1 aromatic rings. The zero-order chi connectivity index (χ0) is 12.8. The maximum atomic E-state index is 4.56. The molecule has 3 heteroatoms. The first-order valence-corrected chi connectivity index (χ1v) is 8.16. The summed E-state index contributed by atoms with van der Waals surface area (Å²) in [4.78, 5) is 7.20. The molecule has 1 fully saturated rings. The predicted octanol–water partition coefficient (Wildman–Crippen LogP) is 4.13. The molecule has 1 aliphatic heterocycles. The highest BCUT2D eigenvalue weighted by atomic mass is 32.2. The van der Waals surface area contributed by atoms with Gasteiger partial charge in [0.05, 0.1) is 5.03 Å². The average molecular weight is 264 g/mol. The van der Waals surface area contributed by atoms with Crippen LogP contribution in [-0.4, -0.2) is 28.7 Å². The molecule has 0 spiro atoms. The summed E-state index contributed by atoms with van der Waals surface area (Å²) in [6.07, 6.45) is 7.32. The number of rotatable bonds is 6. The Morgan fingerprint density at radius 2 is 2.28 bits per heavy atom. The molecule has 2 rings (SSSR count). The third-order valence-electron chi connectivity index (χ3n) is 3.60. The summed E-state index contributed by atoms with van der Waals surface area (Å²) in [6.45, 7) is 6.94. The quantitative estimate of drug-likeness (QED) is 0.719. The fraction of sp³-hybridized carbons (Fsp3) is 0.667. The molecule has 100 valence electrons. The molecule has 1 saturated heterocycles. The van der Waals surface area contributed by atoms with E-state index < -0.39 is 0 Å². The lowest BCUT2D eigenvalue weighted by molar-refractivity contribution is 0.253. The molecule has 0 radical (unpaired) electrons. The molecule has 18 heavy (non-hydrogen) atoms. The molecule has 2 heterocycles. The van der Waals surface area contributed by atoms with E-state index in [0.717, 1.165) is 10.8 Å². The van der Waals surface area contributed by atoms with E-state index in [9.17, 15) is 0 Å². The van der Waals surface area contributed by atoms with Gasteiger partial charge in [0, 0.05) is 12.2 Å². The molecular formula is C15H24N2S. The second-order valence-corrected chi connectivity index (χ2v) is 6.19. The van der Waals surface area contributed by atoms with Crippen molar-refractivity contribution in [3.05, 3.63) is 23.9 Å². The fourth-order valence-corrected chi connectivity index (χ4v) is 3.24. The van der Waals surface area contributed by atoms with Crippen molar-refractivity contribution in [3.63, 3.8) is 0 Å². The molecule has 1 unspecified atom stereocenters. The Kier molecular flexibility index (Phi) is 5.51. The van der Waals surface area contributed by atoms with Gasteiger partial charge in [-0.05, 0) is 49.7 Å². The smallest absolute Gasteiger partial charge is 0.0959 e. The average Bonchev–Trinajstić information content (AvgIpc) is 2.86. The molecule has 0 aromatic carbocycles. The summed E-state index contributed by atoms with van der Waals surface area (Å²) >= 11 is 1.82. The van der Waals surface area contributed by atoms with Gasteiger partial charge >= 0.3 is 0 Å². The lowest BCUT2D eigenvalue weighted by Crippen LogP contribution is -2.24. The minimum Gasteiger partial charge on any atom is -0.296 e. The monoisotopic (exact) mass is 264 g/mol. The lowest BCUT2D eigenvalue weighted by atomic mass is 10.1. The molecule has 1 atom stereocenters. The van der Waals surface area contributed by atoms with E-state index >= 15 is 0 Å². The summed E-state index contributed by atoms with van der Waals surface area (Å²) in [5.41, 5.74) is 1.41. The van der Waals surface area contributed by atoms with Crippen LogP contribution in [-0.2, 0) is 0 Å². The summed E-state index contributed by atoms with van der Waals surface area (Å²) in [5, 5.41) is 1.15. The summed E-state index contributed by atoms with van der Waals surface area (Å²) in [7, 11) is 0. The third-order valence-corrected chi connectivity index (χ3v) is 4.42. The number of likely N-dealkylation sites (tertiary alicyclic amines) is 1. The Labute approximate surface area is 115 Å². The van der Waals surface area contributed by atoms with Crippen LogP contribution in [0.15, 0.2) is 23.4 Å². The van der Waals surface area contributed by atoms with Gasteiger partial charge in [0.2, 0.25) is 0 Å². The molecule has 0 aliphatic carbocycles. The number of pyridine rings is 1. The first-order valence-electron chi connectivity index (χ1n) is 7.18. The normalized spacial score (nSPS) is 20.4. The Bertz CT molecular complexity index is 350. The van der Waals surface area contributed by atoms with Crippen LogP contribution < -0.4 is 0 Å². The molecule has 0 saturated carbocycles. The molecule has 0 N–H and O–H groups in total. The van der Waals surface area contributed by atoms with E-state index in [-0.39, 0.29) is 0 Å². The minimum atomic E-state index is 0.615. The van der Waals surface area contributed by atoms with Gasteiger partial charge in [0.25, 0.3) is 0 Å². The predicted molar refractivity (Wildman–Crippen MR) is 79.1 cm³/mol. The van der Waals surface area contributed by atoms with E-state index in [4.69, 9.17) is 0 Å². The highest BCUT2D eigenvalue weighted by Gasteiger charge is 2.25. The maximum absolute atomic E-state index is 4.56. The van der Waals surface area contributed by atoms with Gasteiger partial charge in [-0.15, -0.1) is 11.8 Å². The topological polar surface area (TPSA) is 16.1 Å². The first-order chi connectivity index (χ1) is 8.85. The number of thioether (sulfide) groups is 1. The van der Waals surface area contributed by atoms with Crippen LogP contribution in [0.4, 0.5) is 0 Å². The Morgan fingerprint density at radius 1 is 1.39 bits per heavy atom. The van der Waals surface area contributed by atoms with Crippen molar-refractivity contribution in [1.29, 1.82) is 0 Å². The SMILES string of the molecule is CCCCN1CCCC1c1ccc(SCC)nc1. The maximum Gasteiger partial charge on any atom is 0.0959 e. The number of aromatic nitrogens is 1. The van der Waals surface area contributed by atoms with Crippen molar-refractivity contribution in [2.45, 2.75) is 50.6 Å². The number of hydrogen-bond donors (Lipinski definition) is 0. The molecule has 0 bridgehead atoms. The number of hydrogen-bond acceptors (Lipinski definition) is 3. The van der Waals surface area contributed by atoms with Crippen LogP contribution in [0.2, 0.25) is 0 Å². The lowest BCUT2D eigenvalue weighted by Gasteiger charge is -2.24. The largest absolute Gasteiger partial charge is 0.296 e. The van der Waals surface area contributed by atoms with E-state index in [0.29, 0.717) is 6.04 Å². The highest BCUT2D eigenvalue weighted by molar-refractivity contribution is 7.99. The van der Waals surface area contributed by atoms with Crippen LogP contribution >= 0.6 is 11.8 Å². The van der Waals surface area contributed by atoms with Crippen LogP contribution in [0.1, 0.15) is 51.1 Å². The number of unbranched alkanes of at least 4 members (excludes halogenated alkanes) is 1. The standard InChI is InChI=1S/C15H24N2S/c1-3-5-10-17-11-6-7-14(17)13-8-9-15(16-12-13)18-4-2/h8-9,12,14H,3-7,10-11H2,1-2H3. The van der Waals surface area contributed by atoms with Gasteiger partial charge in [-0.1, -0.05) is 26.3 Å². The Balaban J connectivity index is 2.00. The van der Waals surface area contributed by atoms with E-state index in [2.05, 4.69) is 42.1 Å². The van der Waals surface area contributed by atoms with Crippen molar-refractivity contribution < 1.29 is 0 Å². The van der Waals surface area contributed by atoms with Crippen LogP contribution in [0.3, 0.4) is 0 Å². The Hall–Kier alpha value is -0.540. The summed E-state index contributed by atoms with van der Waals surface area (Å²) < 4.78 is 0. The fourth-order valence-electron chi connectivity index (χ4n) is 2.65. The van der Waals surface area contributed by atoms with Gasteiger partial charge in [0.15, 0.2) is 0 Å². The van der Waals surface area contributed by atoms with Gasteiger partial charge in [0.1, 0.15) is 0 Å². The zero-order valence-electron chi connectivity index (χ0n) is 11.6. The van der Waals surface area contributed by atoms with Crippen LogP contribution in [0.5, 0.6) is 0 Å². The van der Waals surface area contributed by atoms with Crippen molar-refractivity contribution in [2.75, 3.05) is 18.8 Å². The third kappa shape index (κ3) is 3.48. The van der Waals surface area contributed by atoms with Crippen molar-refractivity contribution in [2.24, 2.45) is 0 Å². The molecule has 1 aliphatic rings. The first kappa shape index (κ1) is 13.9. The minimum absolute atomic E-state index is 0.615. The second-order valence-electron chi connectivity index (χ2n) is 4.91.